The van der Waals surface area contributed by atoms with E-state index in [4.69, 9.17) is 0 Å². The summed E-state index contributed by atoms with van der Waals surface area (Å²) < 4.78 is 0. The van der Waals surface area contributed by atoms with Gasteiger partial charge in [-0.2, -0.15) is 0 Å². The van der Waals surface area contributed by atoms with E-state index in [9.17, 15) is 0 Å². The van der Waals surface area contributed by atoms with E-state index in [1.54, 1.807) is 10.9 Å². The van der Waals surface area contributed by atoms with Crippen LogP contribution in [0.5, 0.6) is 0 Å². The van der Waals surface area contributed by atoms with Gasteiger partial charge in [-0.05, 0) is 130 Å². The second-order valence-corrected chi connectivity index (χ2v) is 17.0. The highest BCUT2D eigenvalue weighted by atomic mass is 31.1. The van der Waals surface area contributed by atoms with Crippen LogP contribution in [-0.4, -0.2) is 0 Å². The number of hydrogen-bond donors (Lipinski definition) is 0. The summed E-state index contributed by atoms with van der Waals surface area (Å²) in [5.74, 6) is 0.386. The fraction of sp³-hybridized carbons (Fsp3) is 0.0980. The quantitative estimate of drug-likeness (QED) is 0.159. The monoisotopic (exact) mass is 680 g/mol. The van der Waals surface area contributed by atoms with Gasteiger partial charge in [-0.25, -0.2) is 0 Å². The van der Waals surface area contributed by atoms with Crippen molar-refractivity contribution in [2.45, 2.75) is 31.1 Å². The first-order valence-corrected chi connectivity index (χ1v) is 20.4. The fourth-order valence-electron chi connectivity index (χ4n) is 9.63. The summed E-state index contributed by atoms with van der Waals surface area (Å²) in [6, 6.07) is 64.7. The maximum Gasteiger partial charge on any atom is -0.00233 e. The predicted octanol–water partition coefficient (Wildman–Crippen LogP) is 13.3. The van der Waals surface area contributed by atoms with Crippen LogP contribution in [0.3, 0.4) is 0 Å². The number of hydrogen-bond acceptors (Lipinski definition) is 0. The van der Waals surface area contributed by atoms with Crippen molar-refractivity contribution in [1.82, 2.24) is 0 Å². The Balaban J connectivity index is 1.11. The van der Waals surface area contributed by atoms with E-state index in [-0.39, 0.29) is 0 Å². The molecule has 52 heavy (non-hydrogen) atoms. The minimum Gasteiger partial charge on any atom is -0.0660 e. The Kier molecular flexibility index (Phi) is 6.96. The normalized spacial score (nSPS) is 14.5. The van der Waals surface area contributed by atoms with Crippen LogP contribution in [0.4, 0.5) is 0 Å². The molecule has 0 unspecified atom stereocenters. The van der Waals surface area contributed by atoms with Gasteiger partial charge in [0, 0.05) is 0 Å². The first kappa shape index (κ1) is 30.1. The average Bonchev–Trinajstić information content (AvgIpc) is 3.49. The van der Waals surface area contributed by atoms with Gasteiger partial charge in [0.05, 0.1) is 0 Å². The Morgan fingerprint density at radius 1 is 0.327 bits per heavy atom. The van der Waals surface area contributed by atoms with Crippen molar-refractivity contribution in [2.24, 2.45) is 0 Å². The molecular weight excluding hydrogens is 644 g/mol. The fourth-order valence-corrected chi connectivity index (χ4v) is 12.4. The van der Waals surface area contributed by atoms with Gasteiger partial charge in [-0.3, -0.25) is 0 Å². The molecule has 1 aliphatic heterocycles. The number of benzene rings is 9. The molecule has 0 saturated carbocycles. The standard InChI is InChI=1S/C51H37P/c1-5-16-43-33(11-1)21-25-37-29-41(30-38-26-22-34-12-2-6-17-44(34)49(38)48(37)43)42-15-9-10-20-47(42)52-31-39-27-23-35-13-3-7-18-45(35)50(39)51-40(32-52)28-24-36-14-4-8-19-46(36)51/h1-28,41H,29-32H2. The molecule has 9 aromatic rings. The van der Waals surface area contributed by atoms with Crippen LogP contribution in [0.25, 0.3) is 65.3 Å². The largest absolute Gasteiger partial charge is 0.0660 e. The van der Waals surface area contributed by atoms with Crippen LogP contribution < -0.4 is 5.30 Å². The minimum absolute atomic E-state index is 0.386. The van der Waals surface area contributed by atoms with Crippen LogP contribution in [0.15, 0.2) is 170 Å². The molecule has 0 N–H and O–H groups in total. The molecule has 0 radical (unpaired) electrons. The van der Waals surface area contributed by atoms with Crippen LogP contribution in [0.2, 0.25) is 0 Å². The Morgan fingerprint density at radius 2 is 0.673 bits per heavy atom. The summed E-state index contributed by atoms with van der Waals surface area (Å²) in [5.41, 5.74) is 13.2. The van der Waals surface area contributed by atoms with E-state index in [0.717, 1.165) is 25.2 Å². The third kappa shape index (κ3) is 4.71. The second kappa shape index (κ2) is 12.0. The third-order valence-electron chi connectivity index (χ3n) is 11.9. The Morgan fingerprint density at radius 3 is 1.12 bits per heavy atom. The number of rotatable bonds is 2. The van der Waals surface area contributed by atoms with E-state index >= 15 is 0 Å². The molecule has 1 heteroatoms. The first-order valence-electron chi connectivity index (χ1n) is 18.7. The predicted molar refractivity (Wildman–Crippen MR) is 224 cm³/mol. The van der Waals surface area contributed by atoms with Crippen molar-refractivity contribution < 1.29 is 0 Å². The second-order valence-electron chi connectivity index (χ2n) is 14.8. The Bertz CT molecular complexity index is 2510. The van der Waals surface area contributed by atoms with E-state index in [1.807, 2.05) is 0 Å². The van der Waals surface area contributed by atoms with Gasteiger partial charge < -0.3 is 0 Å². The van der Waals surface area contributed by atoms with Gasteiger partial charge in [-0.15, -0.1) is 0 Å². The molecule has 246 valence electrons. The zero-order valence-electron chi connectivity index (χ0n) is 29.0. The van der Waals surface area contributed by atoms with E-state index in [0.29, 0.717) is 5.92 Å². The molecule has 0 aromatic heterocycles. The molecule has 9 aromatic carbocycles. The molecule has 0 saturated heterocycles. The van der Waals surface area contributed by atoms with Gasteiger partial charge in [0.1, 0.15) is 0 Å². The molecule has 11 rings (SSSR count). The van der Waals surface area contributed by atoms with Gasteiger partial charge >= 0.3 is 0 Å². The van der Waals surface area contributed by atoms with Gasteiger partial charge in [0.25, 0.3) is 0 Å². The summed E-state index contributed by atoms with van der Waals surface area (Å²) in [6.45, 7) is 0. The lowest BCUT2D eigenvalue weighted by molar-refractivity contribution is 0.693. The Hall–Kier alpha value is -5.55. The van der Waals surface area contributed by atoms with E-state index < -0.39 is 7.92 Å². The topological polar surface area (TPSA) is 0 Å². The molecule has 1 heterocycles. The third-order valence-corrected chi connectivity index (χ3v) is 14.5. The van der Waals surface area contributed by atoms with Gasteiger partial charge in [0.15, 0.2) is 0 Å². The maximum atomic E-state index is 2.49. The van der Waals surface area contributed by atoms with Crippen molar-refractivity contribution in [2.75, 3.05) is 0 Å². The van der Waals surface area contributed by atoms with Crippen molar-refractivity contribution >= 4 is 56.3 Å². The molecule has 0 spiro atoms. The molecule has 2 aliphatic rings. The lowest BCUT2D eigenvalue weighted by atomic mass is 9.88. The lowest BCUT2D eigenvalue weighted by Crippen LogP contribution is -2.17. The average molecular weight is 681 g/mol. The van der Waals surface area contributed by atoms with Crippen LogP contribution in [-0.2, 0) is 25.2 Å². The molecule has 0 atom stereocenters. The van der Waals surface area contributed by atoms with Crippen molar-refractivity contribution in [3.8, 4) is 22.3 Å². The maximum absolute atomic E-state index is 2.49. The van der Waals surface area contributed by atoms with Gasteiger partial charge in [-0.1, -0.05) is 178 Å². The molecule has 0 amide bonds. The number of fused-ring (bicyclic) bond motifs is 14. The van der Waals surface area contributed by atoms with Crippen LogP contribution in [0, 0.1) is 0 Å². The lowest BCUT2D eigenvalue weighted by Gasteiger charge is -2.25. The highest BCUT2D eigenvalue weighted by Gasteiger charge is 2.31. The van der Waals surface area contributed by atoms with E-state index in [2.05, 4.69) is 170 Å². The molecule has 0 fully saturated rings. The summed E-state index contributed by atoms with van der Waals surface area (Å²) >= 11 is 0. The van der Waals surface area contributed by atoms with Crippen molar-refractivity contribution in [3.63, 3.8) is 0 Å². The van der Waals surface area contributed by atoms with Gasteiger partial charge in [0.2, 0.25) is 0 Å². The highest BCUT2D eigenvalue weighted by molar-refractivity contribution is 7.64. The minimum atomic E-state index is -0.523. The summed E-state index contributed by atoms with van der Waals surface area (Å²) in [7, 11) is -0.523. The van der Waals surface area contributed by atoms with Crippen molar-refractivity contribution in [3.05, 3.63) is 198 Å². The zero-order valence-corrected chi connectivity index (χ0v) is 29.9. The molecule has 1 aliphatic carbocycles. The van der Waals surface area contributed by atoms with E-state index in [1.165, 1.54) is 87.6 Å². The van der Waals surface area contributed by atoms with Crippen molar-refractivity contribution in [1.29, 1.82) is 0 Å². The van der Waals surface area contributed by atoms with Crippen LogP contribution in [0.1, 0.15) is 33.7 Å². The first-order chi connectivity index (χ1) is 25.8. The SMILES string of the molecule is c1ccc(P2Cc3ccc4ccccc4c3-c3c(ccc4ccccc34)C2)c(C2Cc3ccc4ccccc4c3-c3c(ccc4ccccc34)C2)c1. The zero-order chi connectivity index (χ0) is 34.2. The summed E-state index contributed by atoms with van der Waals surface area (Å²) in [5, 5.41) is 12.3. The Labute approximate surface area is 306 Å². The summed E-state index contributed by atoms with van der Waals surface area (Å²) in [6.07, 6.45) is 4.24. The molecule has 0 bridgehead atoms. The molecule has 0 nitrogen and oxygen atoms in total. The summed E-state index contributed by atoms with van der Waals surface area (Å²) in [4.78, 5) is 0. The molecular formula is C51H37P. The van der Waals surface area contributed by atoms with Crippen LogP contribution >= 0.6 is 7.92 Å². The smallest absolute Gasteiger partial charge is 0.00233 e. The highest BCUT2D eigenvalue weighted by Crippen LogP contribution is 2.54.